The average Bonchev–Trinajstić information content (AvgIpc) is 2.45. The van der Waals surface area contributed by atoms with Gasteiger partial charge >= 0.3 is 6.18 Å². The molecule has 0 saturated heterocycles. The van der Waals surface area contributed by atoms with Crippen molar-refractivity contribution >= 4 is 17.3 Å². The molecule has 1 aliphatic rings. The fraction of sp³-hybridized carbons (Fsp3) is 0.467. The van der Waals surface area contributed by atoms with E-state index < -0.39 is 35.1 Å². The van der Waals surface area contributed by atoms with Crippen LogP contribution >= 0.6 is 0 Å². The third-order valence-corrected chi connectivity index (χ3v) is 3.62. The molecule has 0 unspecified atom stereocenters. The van der Waals surface area contributed by atoms with E-state index in [-0.39, 0.29) is 30.5 Å². The molecule has 1 aromatic rings. The Hall–Kier alpha value is -2.05. The van der Waals surface area contributed by atoms with Crippen LogP contribution in [0.15, 0.2) is 12.1 Å². The molecule has 0 spiro atoms. The molecule has 1 fully saturated rings. The molecule has 1 heterocycles. The van der Waals surface area contributed by atoms with Crippen molar-refractivity contribution in [3.8, 4) is 0 Å². The first-order chi connectivity index (χ1) is 10.3. The number of pyridine rings is 1. The number of nitrogens with zero attached hydrogens (tertiary/aromatic N) is 1. The van der Waals surface area contributed by atoms with Gasteiger partial charge in [-0.25, -0.2) is 4.98 Å². The second kappa shape index (κ2) is 5.98. The molecule has 1 aromatic heterocycles. The maximum atomic E-state index is 12.7. The molecule has 2 rings (SSSR count). The zero-order valence-electron chi connectivity index (χ0n) is 11.9. The van der Waals surface area contributed by atoms with Gasteiger partial charge in [-0.1, -0.05) is 6.92 Å². The number of rotatable bonds is 3. The van der Waals surface area contributed by atoms with Crippen LogP contribution < -0.4 is 0 Å². The van der Waals surface area contributed by atoms with Crippen molar-refractivity contribution in [1.29, 1.82) is 0 Å². The predicted octanol–water partition coefficient (Wildman–Crippen LogP) is 2.78. The molecule has 0 amide bonds. The van der Waals surface area contributed by atoms with Crippen LogP contribution in [0.25, 0.3) is 0 Å². The smallest absolute Gasteiger partial charge is 0.298 e. The normalized spacial score (nSPS) is 16.9. The van der Waals surface area contributed by atoms with Crippen LogP contribution in [0.5, 0.6) is 0 Å². The number of halogens is 3. The van der Waals surface area contributed by atoms with Gasteiger partial charge < -0.3 is 0 Å². The average molecular weight is 313 g/mol. The summed E-state index contributed by atoms with van der Waals surface area (Å²) in [6.07, 6.45) is -3.83. The lowest BCUT2D eigenvalue weighted by Gasteiger charge is -2.19. The van der Waals surface area contributed by atoms with Gasteiger partial charge in [-0.15, -0.1) is 0 Å². The number of aromatic nitrogens is 1. The van der Waals surface area contributed by atoms with E-state index in [0.29, 0.717) is 12.5 Å². The van der Waals surface area contributed by atoms with E-state index in [0.717, 1.165) is 6.07 Å². The highest BCUT2D eigenvalue weighted by molar-refractivity contribution is 6.25. The lowest BCUT2D eigenvalue weighted by Crippen LogP contribution is -2.35. The van der Waals surface area contributed by atoms with E-state index in [4.69, 9.17) is 0 Å². The standard InChI is InChI=1S/C15H14F3NO3/c1-2-9-8(6-7-12(19-9)15(16,17)18)14(22)13-10(20)4-3-5-11(13)21/h6-7,13H,2-5H2,1H3. The quantitative estimate of drug-likeness (QED) is 0.636. The Morgan fingerprint density at radius 1 is 1.23 bits per heavy atom. The maximum Gasteiger partial charge on any atom is 0.433 e. The van der Waals surface area contributed by atoms with E-state index >= 15 is 0 Å². The van der Waals surface area contributed by atoms with Gasteiger partial charge in [0.1, 0.15) is 11.6 Å². The summed E-state index contributed by atoms with van der Waals surface area (Å²) in [4.78, 5) is 39.5. The molecule has 0 aliphatic heterocycles. The third kappa shape index (κ3) is 3.08. The summed E-state index contributed by atoms with van der Waals surface area (Å²) >= 11 is 0. The first kappa shape index (κ1) is 16.3. The molecule has 0 radical (unpaired) electrons. The number of hydrogen-bond donors (Lipinski definition) is 0. The molecule has 0 N–H and O–H groups in total. The molecule has 22 heavy (non-hydrogen) atoms. The Kier molecular flexibility index (Phi) is 4.44. The number of aryl methyl sites for hydroxylation is 1. The van der Waals surface area contributed by atoms with Gasteiger partial charge in [0.15, 0.2) is 17.3 Å². The first-order valence-corrected chi connectivity index (χ1v) is 6.92. The van der Waals surface area contributed by atoms with Gasteiger partial charge in [0, 0.05) is 18.4 Å². The summed E-state index contributed by atoms with van der Waals surface area (Å²) in [5, 5.41) is 0. The third-order valence-electron chi connectivity index (χ3n) is 3.62. The van der Waals surface area contributed by atoms with Crippen molar-refractivity contribution in [3.63, 3.8) is 0 Å². The fourth-order valence-electron chi connectivity index (χ4n) is 2.51. The highest BCUT2D eigenvalue weighted by Gasteiger charge is 2.38. The van der Waals surface area contributed by atoms with Crippen LogP contribution in [-0.4, -0.2) is 22.3 Å². The van der Waals surface area contributed by atoms with Crippen LogP contribution in [0.3, 0.4) is 0 Å². The van der Waals surface area contributed by atoms with Crippen LogP contribution in [0.4, 0.5) is 13.2 Å². The summed E-state index contributed by atoms with van der Waals surface area (Å²) in [6, 6.07) is 1.70. The molecule has 4 nitrogen and oxygen atoms in total. The Morgan fingerprint density at radius 3 is 2.32 bits per heavy atom. The molecule has 1 aliphatic carbocycles. The molecule has 118 valence electrons. The van der Waals surface area contributed by atoms with Crippen LogP contribution in [0.1, 0.15) is 47.9 Å². The van der Waals surface area contributed by atoms with E-state index in [1.165, 1.54) is 0 Å². The van der Waals surface area contributed by atoms with Crippen molar-refractivity contribution < 1.29 is 27.6 Å². The Balaban J connectivity index is 2.41. The number of alkyl halides is 3. The minimum atomic E-state index is -4.61. The van der Waals surface area contributed by atoms with E-state index in [9.17, 15) is 27.6 Å². The lowest BCUT2D eigenvalue weighted by atomic mass is 9.81. The Morgan fingerprint density at radius 2 is 1.82 bits per heavy atom. The van der Waals surface area contributed by atoms with E-state index in [1.54, 1.807) is 6.92 Å². The SMILES string of the molecule is CCc1nc(C(F)(F)F)ccc1C(=O)C1C(=O)CCCC1=O. The molecular formula is C15H14F3NO3. The zero-order valence-corrected chi connectivity index (χ0v) is 11.9. The highest BCUT2D eigenvalue weighted by atomic mass is 19.4. The summed E-state index contributed by atoms with van der Waals surface area (Å²) in [6.45, 7) is 1.56. The number of carbonyl (C=O) groups excluding carboxylic acids is 3. The van der Waals surface area contributed by atoms with E-state index in [1.807, 2.05) is 0 Å². The van der Waals surface area contributed by atoms with Gasteiger partial charge in [-0.2, -0.15) is 13.2 Å². The lowest BCUT2D eigenvalue weighted by molar-refractivity contribution is -0.141. The molecule has 0 bridgehead atoms. The predicted molar refractivity (Wildman–Crippen MR) is 70.3 cm³/mol. The van der Waals surface area contributed by atoms with Gasteiger partial charge in [0.25, 0.3) is 0 Å². The molecule has 0 atom stereocenters. The monoisotopic (exact) mass is 313 g/mol. The van der Waals surface area contributed by atoms with Crippen molar-refractivity contribution in [2.24, 2.45) is 5.92 Å². The number of ketones is 3. The van der Waals surface area contributed by atoms with Crippen molar-refractivity contribution in [3.05, 3.63) is 29.1 Å². The molecular weight excluding hydrogens is 299 g/mol. The van der Waals surface area contributed by atoms with Gasteiger partial charge in [0.05, 0.1) is 5.69 Å². The fourth-order valence-corrected chi connectivity index (χ4v) is 2.51. The van der Waals surface area contributed by atoms with Crippen molar-refractivity contribution in [2.75, 3.05) is 0 Å². The highest BCUT2D eigenvalue weighted by Crippen LogP contribution is 2.29. The topological polar surface area (TPSA) is 64.1 Å². The minimum absolute atomic E-state index is 0.0500. The number of carbonyl (C=O) groups is 3. The van der Waals surface area contributed by atoms with Crippen LogP contribution in [0.2, 0.25) is 0 Å². The molecule has 1 saturated carbocycles. The van der Waals surface area contributed by atoms with Crippen LogP contribution in [0, 0.1) is 5.92 Å². The van der Waals surface area contributed by atoms with Gasteiger partial charge in [0.2, 0.25) is 0 Å². The van der Waals surface area contributed by atoms with Gasteiger partial charge in [-0.05, 0) is 25.0 Å². The Bertz CT molecular complexity index is 621. The maximum absolute atomic E-state index is 12.7. The largest absolute Gasteiger partial charge is 0.433 e. The van der Waals surface area contributed by atoms with Crippen LogP contribution in [-0.2, 0) is 22.2 Å². The summed E-state index contributed by atoms with van der Waals surface area (Å²) in [5.41, 5.74) is -1.22. The van der Waals surface area contributed by atoms with E-state index in [2.05, 4.69) is 4.98 Å². The molecule has 7 heteroatoms. The summed E-state index contributed by atoms with van der Waals surface area (Å²) in [5.74, 6) is -3.07. The van der Waals surface area contributed by atoms with Crippen molar-refractivity contribution in [2.45, 2.75) is 38.8 Å². The summed E-state index contributed by atoms with van der Waals surface area (Å²) in [7, 11) is 0. The zero-order chi connectivity index (χ0) is 16.5. The first-order valence-electron chi connectivity index (χ1n) is 6.92. The number of Topliss-reactive ketones (excluding diaryl/α,β-unsaturated/α-hetero) is 3. The minimum Gasteiger partial charge on any atom is -0.298 e. The summed E-state index contributed by atoms with van der Waals surface area (Å²) < 4.78 is 38.0. The second-order valence-corrected chi connectivity index (χ2v) is 5.13. The second-order valence-electron chi connectivity index (χ2n) is 5.13. The molecule has 0 aromatic carbocycles. The van der Waals surface area contributed by atoms with Gasteiger partial charge in [-0.3, -0.25) is 14.4 Å². The van der Waals surface area contributed by atoms with Crippen molar-refractivity contribution in [1.82, 2.24) is 4.98 Å². The Labute approximate surface area is 124 Å². The number of hydrogen-bond acceptors (Lipinski definition) is 4.